The Morgan fingerprint density at radius 3 is 2.06 bits per heavy atom. The first-order chi connectivity index (χ1) is 7.56. The number of carbonyl (C=O) groups is 2. The van der Waals surface area contributed by atoms with Crippen LogP contribution in [0.25, 0.3) is 0 Å². The van der Waals surface area contributed by atoms with Gasteiger partial charge in [0.05, 0.1) is 18.2 Å². The maximum Gasteiger partial charge on any atom is 0.798 e. The van der Waals surface area contributed by atoms with Crippen LogP contribution in [0.15, 0.2) is 24.3 Å². The SMILES string of the molecule is COC(=O)c1ccccc1C(=O)OB(F)F. The molecule has 84 valence electrons. The van der Waals surface area contributed by atoms with Crippen LogP contribution in [0.5, 0.6) is 0 Å². The Kier molecular flexibility index (Phi) is 3.99. The highest BCUT2D eigenvalue weighted by Gasteiger charge is 2.25. The molecule has 0 radical (unpaired) electrons. The molecule has 0 bridgehead atoms. The summed E-state index contributed by atoms with van der Waals surface area (Å²) < 4.78 is 31.7. The van der Waals surface area contributed by atoms with Gasteiger partial charge in [0.25, 0.3) is 0 Å². The van der Waals surface area contributed by atoms with Gasteiger partial charge in [0.1, 0.15) is 0 Å². The second kappa shape index (κ2) is 5.25. The minimum atomic E-state index is -3.22. The van der Waals surface area contributed by atoms with E-state index in [-0.39, 0.29) is 11.1 Å². The van der Waals surface area contributed by atoms with Gasteiger partial charge in [-0.1, -0.05) is 12.1 Å². The molecule has 1 aromatic rings. The van der Waals surface area contributed by atoms with Crippen molar-refractivity contribution < 1.29 is 27.6 Å². The summed E-state index contributed by atoms with van der Waals surface area (Å²) in [7, 11) is -2.10. The van der Waals surface area contributed by atoms with Crippen molar-refractivity contribution in [3.63, 3.8) is 0 Å². The molecule has 7 heteroatoms. The molecule has 0 atom stereocenters. The molecular weight excluding hydrogens is 221 g/mol. The number of hydrogen-bond acceptors (Lipinski definition) is 4. The van der Waals surface area contributed by atoms with Crippen molar-refractivity contribution in [2.24, 2.45) is 0 Å². The standard InChI is InChI=1S/C9H7BF2O4/c1-15-8(13)6-4-2-3-5-7(6)9(14)16-10(11)12/h2-5H,1H3. The molecule has 0 aliphatic heterocycles. The Labute approximate surface area is 90.4 Å². The van der Waals surface area contributed by atoms with E-state index < -0.39 is 19.4 Å². The quantitative estimate of drug-likeness (QED) is 0.581. The summed E-state index contributed by atoms with van der Waals surface area (Å²) in [5.74, 6) is -2.06. The Morgan fingerprint density at radius 1 is 1.12 bits per heavy atom. The van der Waals surface area contributed by atoms with Crippen LogP contribution in [-0.2, 0) is 9.39 Å². The molecule has 0 aliphatic carbocycles. The van der Waals surface area contributed by atoms with Crippen LogP contribution in [-0.4, -0.2) is 26.5 Å². The number of rotatable bonds is 3. The van der Waals surface area contributed by atoms with Crippen molar-refractivity contribution in [2.45, 2.75) is 0 Å². The van der Waals surface area contributed by atoms with Crippen molar-refractivity contribution in [1.29, 1.82) is 0 Å². The molecule has 1 rings (SSSR count). The molecule has 4 nitrogen and oxygen atoms in total. The van der Waals surface area contributed by atoms with Gasteiger partial charge in [0.15, 0.2) is 0 Å². The molecule has 1 aromatic carbocycles. The van der Waals surface area contributed by atoms with Crippen LogP contribution in [0, 0.1) is 0 Å². The van der Waals surface area contributed by atoms with E-state index in [0.717, 1.165) is 7.11 Å². The molecule has 0 fully saturated rings. The van der Waals surface area contributed by atoms with Crippen LogP contribution in [0.3, 0.4) is 0 Å². The summed E-state index contributed by atoms with van der Waals surface area (Å²) in [5, 5.41) is 0. The maximum atomic E-state index is 11.8. The Balaban J connectivity index is 3.03. The monoisotopic (exact) mass is 228 g/mol. The van der Waals surface area contributed by atoms with Crippen LogP contribution in [0.4, 0.5) is 8.63 Å². The van der Waals surface area contributed by atoms with E-state index in [1.54, 1.807) is 0 Å². The van der Waals surface area contributed by atoms with Gasteiger partial charge in [0, 0.05) is 0 Å². The van der Waals surface area contributed by atoms with Gasteiger partial charge in [-0.15, -0.1) is 0 Å². The van der Waals surface area contributed by atoms with Gasteiger partial charge in [-0.2, -0.15) is 0 Å². The molecule has 0 N–H and O–H groups in total. The van der Waals surface area contributed by atoms with Crippen molar-refractivity contribution in [3.8, 4) is 0 Å². The lowest BCUT2D eigenvalue weighted by atomic mass is 10.1. The van der Waals surface area contributed by atoms with Gasteiger partial charge >= 0.3 is 19.4 Å². The number of methoxy groups -OCH3 is 1. The van der Waals surface area contributed by atoms with E-state index >= 15 is 0 Å². The normalized spacial score (nSPS) is 9.44. The van der Waals surface area contributed by atoms with Gasteiger partial charge in [-0.05, 0) is 12.1 Å². The van der Waals surface area contributed by atoms with Gasteiger partial charge in [-0.3, -0.25) is 0 Å². The first-order valence-corrected chi connectivity index (χ1v) is 4.22. The summed E-state index contributed by atoms with van der Waals surface area (Å²) in [5.41, 5.74) is -0.370. The van der Waals surface area contributed by atoms with Gasteiger partial charge < -0.3 is 9.39 Å². The molecule has 0 saturated carbocycles. The molecule has 0 unspecified atom stereocenters. The Morgan fingerprint density at radius 2 is 1.62 bits per heavy atom. The van der Waals surface area contributed by atoms with E-state index in [9.17, 15) is 18.2 Å². The average Bonchev–Trinajstić information content (AvgIpc) is 2.27. The smallest absolute Gasteiger partial charge is 0.474 e. The zero-order valence-corrected chi connectivity index (χ0v) is 8.28. The average molecular weight is 228 g/mol. The Hall–Kier alpha value is -1.92. The molecule has 0 heterocycles. The highest BCUT2D eigenvalue weighted by Crippen LogP contribution is 2.12. The number of benzene rings is 1. The maximum absolute atomic E-state index is 11.8. The third kappa shape index (κ3) is 2.79. The summed E-state index contributed by atoms with van der Waals surface area (Å²) in [6.45, 7) is 0. The first kappa shape index (κ1) is 12.2. The van der Waals surface area contributed by atoms with Crippen molar-refractivity contribution in [3.05, 3.63) is 35.4 Å². The highest BCUT2D eigenvalue weighted by atomic mass is 19.2. The molecular formula is C9H7BF2O4. The van der Waals surface area contributed by atoms with E-state index in [2.05, 4.69) is 9.39 Å². The first-order valence-electron chi connectivity index (χ1n) is 4.22. The number of hydrogen-bond donors (Lipinski definition) is 0. The third-order valence-corrected chi connectivity index (χ3v) is 1.75. The van der Waals surface area contributed by atoms with Gasteiger partial charge in [0.2, 0.25) is 0 Å². The van der Waals surface area contributed by atoms with Crippen LogP contribution in [0.1, 0.15) is 20.7 Å². The zero-order valence-electron chi connectivity index (χ0n) is 8.28. The fraction of sp³-hybridized carbons (Fsp3) is 0.111. The minimum absolute atomic E-state index is 0.115. The lowest BCUT2D eigenvalue weighted by Crippen LogP contribution is -2.17. The van der Waals surface area contributed by atoms with Crippen molar-refractivity contribution in [2.75, 3.05) is 7.11 Å². The van der Waals surface area contributed by atoms with E-state index in [4.69, 9.17) is 0 Å². The summed E-state index contributed by atoms with van der Waals surface area (Å²) in [6.07, 6.45) is 0. The third-order valence-electron chi connectivity index (χ3n) is 1.75. The van der Waals surface area contributed by atoms with E-state index in [1.165, 1.54) is 24.3 Å². The van der Waals surface area contributed by atoms with Crippen molar-refractivity contribution in [1.82, 2.24) is 0 Å². The second-order valence-corrected chi connectivity index (χ2v) is 2.70. The lowest BCUT2D eigenvalue weighted by Gasteiger charge is -2.06. The number of halogens is 2. The van der Waals surface area contributed by atoms with Gasteiger partial charge in [-0.25, -0.2) is 18.2 Å². The molecule has 0 spiro atoms. The number of ether oxygens (including phenoxy) is 1. The fourth-order valence-electron chi connectivity index (χ4n) is 1.09. The Bertz CT molecular complexity index is 408. The van der Waals surface area contributed by atoms with Crippen molar-refractivity contribution >= 4 is 19.4 Å². The van der Waals surface area contributed by atoms with Crippen LogP contribution < -0.4 is 0 Å². The summed E-state index contributed by atoms with van der Waals surface area (Å²) in [6, 6.07) is 5.39. The molecule has 0 aromatic heterocycles. The number of esters is 1. The van der Waals surface area contributed by atoms with Crippen LogP contribution >= 0.6 is 0 Å². The summed E-state index contributed by atoms with van der Waals surface area (Å²) in [4.78, 5) is 22.4. The van der Waals surface area contributed by atoms with E-state index in [1.807, 2.05) is 0 Å². The predicted octanol–water partition coefficient (Wildman–Crippen LogP) is 1.55. The molecule has 0 amide bonds. The molecule has 0 saturated heterocycles. The lowest BCUT2D eigenvalue weighted by molar-refractivity contribution is 0.0582. The topological polar surface area (TPSA) is 52.6 Å². The fourth-order valence-corrected chi connectivity index (χ4v) is 1.09. The van der Waals surface area contributed by atoms with E-state index in [0.29, 0.717) is 0 Å². The molecule has 16 heavy (non-hydrogen) atoms. The predicted molar refractivity (Wildman–Crippen MR) is 51.2 cm³/mol. The zero-order chi connectivity index (χ0) is 12.1. The second-order valence-electron chi connectivity index (χ2n) is 2.70. The summed E-state index contributed by atoms with van der Waals surface area (Å²) >= 11 is 0. The highest BCUT2D eigenvalue weighted by molar-refractivity contribution is 6.38. The molecule has 0 aliphatic rings. The number of carbonyl (C=O) groups excluding carboxylic acids is 2. The van der Waals surface area contributed by atoms with Crippen LogP contribution in [0.2, 0.25) is 0 Å². The largest absolute Gasteiger partial charge is 0.798 e. The minimum Gasteiger partial charge on any atom is -0.474 e.